The maximum atomic E-state index is 13.2. The molecule has 0 fully saturated rings. The third kappa shape index (κ3) is 4.82. The van der Waals surface area contributed by atoms with Gasteiger partial charge < -0.3 is 15.4 Å². The number of halogens is 1. The first-order valence-electron chi connectivity index (χ1n) is 5.45. The van der Waals surface area contributed by atoms with Crippen molar-refractivity contribution in [2.24, 2.45) is 0 Å². The van der Waals surface area contributed by atoms with E-state index in [1.54, 1.807) is 18.2 Å². The van der Waals surface area contributed by atoms with Gasteiger partial charge in [-0.2, -0.15) is 0 Å². The van der Waals surface area contributed by atoms with E-state index in [2.05, 4.69) is 15.4 Å². The van der Waals surface area contributed by atoms with Gasteiger partial charge in [-0.15, -0.1) is 0 Å². The van der Waals surface area contributed by atoms with E-state index >= 15 is 0 Å². The Morgan fingerprint density at radius 2 is 2.00 bits per heavy atom. The number of esters is 1. The van der Waals surface area contributed by atoms with E-state index in [0.29, 0.717) is 5.56 Å². The molecule has 98 valence electrons. The van der Waals surface area contributed by atoms with Crippen LogP contribution in [0, 0.1) is 5.82 Å². The number of benzene rings is 1. The summed E-state index contributed by atoms with van der Waals surface area (Å²) >= 11 is 0. The van der Waals surface area contributed by atoms with Crippen molar-refractivity contribution in [2.75, 3.05) is 13.7 Å². The van der Waals surface area contributed by atoms with Crippen LogP contribution in [-0.4, -0.2) is 25.7 Å². The molecular weight excluding hydrogens is 239 g/mol. The Morgan fingerprint density at radius 1 is 1.28 bits per heavy atom. The van der Waals surface area contributed by atoms with Crippen molar-refractivity contribution in [3.8, 4) is 0 Å². The van der Waals surface area contributed by atoms with Gasteiger partial charge in [0.15, 0.2) is 0 Å². The summed E-state index contributed by atoms with van der Waals surface area (Å²) in [5, 5.41) is 4.95. The van der Waals surface area contributed by atoms with Crippen LogP contribution in [0.2, 0.25) is 0 Å². The zero-order chi connectivity index (χ0) is 13.4. The largest absolute Gasteiger partial charge is 0.469 e. The Balaban J connectivity index is 2.25. The first kappa shape index (κ1) is 14.0. The third-order valence-corrected chi connectivity index (χ3v) is 2.24. The summed E-state index contributed by atoms with van der Waals surface area (Å²) in [4.78, 5) is 22.1. The number of nitrogens with one attached hydrogen (secondary N) is 2. The monoisotopic (exact) mass is 254 g/mol. The Hall–Kier alpha value is -2.11. The molecule has 0 atom stereocenters. The summed E-state index contributed by atoms with van der Waals surface area (Å²) in [6.45, 7) is 0.270. The molecule has 0 radical (unpaired) electrons. The first-order valence-corrected chi connectivity index (χ1v) is 5.45. The molecule has 0 bridgehead atoms. The highest BCUT2D eigenvalue weighted by molar-refractivity contribution is 5.75. The van der Waals surface area contributed by atoms with E-state index in [1.807, 2.05) is 0 Å². The van der Waals surface area contributed by atoms with E-state index in [-0.39, 0.29) is 25.3 Å². The van der Waals surface area contributed by atoms with Crippen molar-refractivity contribution in [3.05, 3.63) is 35.6 Å². The number of ether oxygens (including phenoxy) is 1. The van der Waals surface area contributed by atoms with Crippen molar-refractivity contribution in [1.29, 1.82) is 0 Å². The maximum Gasteiger partial charge on any atom is 0.315 e. The molecule has 0 heterocycles. The quantitative estimate of drug-likeness (QED) is 0.775. The molecule has 1 aromatic rings. The molecule has 18 heavy (non-hydrogen) atoms. The second-order valence-corrected chi connectivity index (χ2v) is 3.53. The predicted molar refractivity (Wildman–Crippen MR) is 63.3 cm³/mol. The lowest BCUT2D eigenvalue weighted by Gasteiger charge is -2.07. The number of carbonyl (C=O) groups excluding carboxylic acids is 2. The van der Waals surface area contributed by atoms with Crippen molar-refractivity contribution >= 4 is 12.0 Å². The Morgan fingerprint density at radius 3 is 2.67 bits per heavy atom. The van der Waals surface area contributed by atoms with Crippen LogP contribution in [-0.2, 0) is 16.1 Å². The van der Waals surface area contributed by atoms with Crippen LogP contribution in [0.5, 0.6) is 0 Å². The average Bonchev–Trinajstić information content (AvgIpc) is 2.37. The van der Waals surface area contributed by atoms with Gasteiger partial charge in [-0.3, -0.25) is 4.79 Å². The lowest BCUT2D eigenvalue weighted by molar-refractivity contribution is -0.140. The van der Waals surface area contributed by atoms with Gasteiger partial charge in [-0.05, 0) is 6.07 Å². The second-order valence-electron chi connectivity index (χ2n) is 3.53. The Kier molecular flexibility index (Phi) is 5.63. The molecule has 5 nitrogen and oxygen atoms in total. The van der Waals surface area contributed by atoms with Crippen LogP contribution in [0.1, 0.15) is 12.0 Å². The molecule has 0 saturated heterocycles. The number of amides is 2. The highest BCUT2D eigenvalue weighted by atomic mass is 19.1. The smallest absolute Gasteiger partial charge is 0.315 e. The number of rotatable bonds is 5. The van der Waals surface area contributed by atoms with Gasteiger partial charge in [0.1, 0.15) is 5.82 Å². The van der Waals surface area contributed by atoms with Gasteiger partial charge in [0.05, 0.1) is 13.5 Å². The average molecular weight is 254 g/mol. The minimum atomic E-state index is -0.456. The normalized spacial score (nSPS) is 9.67. The SMILES string of the molecule is COC(=O)CCNC(=O)NCc1ccccc1F. The number of hydrogen-bond donors (Lipinski definition) is 2. The number of carbonyl (C=O) groups is 2. The molecule has 2 N–H and O–H groups in total. The summed E-state index contributed by atoms with van der Waals surface area (Å²) in [5.74, 6) is -0.767. The molecule has 0 spiro atoms. The zero-order valence-electron chi connectivity index (χ0n) is 10.0. The highest BCUT2D eigenvalue weighted by Crippen LogP contribution is 2.05. The topological polar surface area (TPSA) is 67.4 Å². The van der Waals surface area contributed by atoms with E-state index in [1.165, 1.54) is 13.2 Å². The standard InChI is InChI=1S/C12H15FN2O3/c1-18-11(16)6-7-14-12(17)15-8-9-4-2-3-5-10(9)13/h2-5H,6-8H2,1H3,(H2,14,15,17). The lowest BCUT2D eigenvalue weighted by Crippen LogP contribution is -2.36. The minimum Gasteiger partial charge on any atom is -0.469 e. The molecular formula is C12H15FN2O3. The van der Waals surface area contributed by atoms with Crippen molar-refractivity contribution in [2.45, 2.75) is 13.0 Å². The number of hydrogen-bond acceptors (Lipinski definition) is 3. The maximum absolute atomic E-state index is 13.2. The highest BCUT2D eigenvalue weighted by Gasteiger charge is 2.05. The van der Waals surface area contributed by atoms with E-state index in [4.69, 9.17) is 0 Å². The molecule has 0 aliphatic rings. The van der Waals surface area contributed by atoms with Gasteiger partial charge in [-0.1, -0.05) is 18.2 Å². The Bertz CT molecular complexity index is 424. The van der Waals surface area contributed by atoms with E-state index in [0.717, 1.165) is 0 Å². The second kappa shape index (κ2) is 7.26. The fourth-order valence-corrected chi connectivity index (χ4v) is 1.26. The number of urea groups is 1. The summed E-state index contributed by atoms with van der Waals surface area (Å²) in [6, 6.07) is 5.72. The van der Waals surface area contributed by atoms with Crippen LogP contribution < -0.4 is 10.6 Å². The number of methoxy groups -OCH3 is 1. The van der Waals surface area contributed by atoms with Crippen LogP contribution in [0.15, 0.2) is 24.3 Å². The van der Waals surface area contributed by atoms with Crippen molar-refractivity contribution < 1.29 is 18.7 Å². The van der Waals surface area contributed by atoms with Crippen LogP contribution in [0.3, 0.4) is 0 Å². The van der Waals surface area contributed by atoms with Crippen LogP contribution in [0.4, 0.5) is 9.18 Å². The summed E-state index contributed by atoms with van der Waals surface area (Å²) in [6.07, 6.45) is 0.101. The Labute approximate surface area is 104 Å². The zero-order valence-corrected chi connectivity index (χ0v) is 10.0. The van der Waals surface area contributed by atoms with E-state index in [9.17, 15) is 14.0 Å². The van der Waals surface area contributed by atoms with Crippen LogP contribution in [0.25, 0.3) is 0 Å². The molecule has 0 saturated carbocycles. The van der Waals surface area contributed by atoms with Crippen molar-refractivity contribution in [3.63, 3.8) is 0 Å². The van der Waals surface area contributed by atoms with Gasteiger partial charge in [0.2, 0.25) is 0 Å². The molecule has 0 aromatic heterocycles. The fourth-order valence-electron chi connectivity index (χ4n) is 1.26. The molecule has 1 rings (SSSR count). The molecule has 2 amide bonds. The summed E-state index contributed by atoms with van der Waals surface area (Å²) in [7, 11) is 1.28. The third-order valence-electron chi connectivity index (χ3n) is 2.24. The minimum absolute atomic E-state index is 0.0940. The van der Waals surface area contributed by atoms with Gasteiger partial charge in [-0.25, -0.2) is 9.18 Å². The molecule has 0 aliphatic heterocycles. The summed E-state index contributed by atoms with van der Waals surface area (Å²) in [5.41, 5.74) is 0.403. The van der Waals surface area contributed by atoms with Crippen LogP contribution >= 0.6 is 0 Å². The van der Waals surface area contributed by atoms with Crippen molar-refractivity contribution in [1.82, 2.24) is 10.6 Å². The molecule has 0 aliphatic carbocycles. The molecule has 1 aromatic carbocycles. The van der Waals surface area contributed by atoms with Gasteiger partial charge >= 0.3 is 12.0 Å². The summed E-state index contributed by atoms with van der Waals surface area (Å²) < 4.78 is 17.6. The first-order chi connectivity index (χ1) is 8.63. The lowest BCUT2D eigenvalue weighted by atomic mass is 10.2. The van der Waals surface area contributed by atoms with E-state index < -0.39 is 12.0 Å². The molecule has 0 unspecified atom stereocenters. The predicted octanol–water partition coefficient (Wildman–Crippen LogP) is 1.19. The fraction of sp³-hybridized carbons (Fsp3) is 0.333. The van der Waals surface area contributed by atoms with Gasteiger partial charge in [0.25, 0.3) is 0 Å². The van der Waals surface area contributed by atoms with Gasteiger partial charge in [0, 0.05) is 18.7 Å². The molecule has 6 heteroatoms.